The molecule has 3 aliphatic heterocycles. The molecule has 1 atom stereocenters. The van der Waals surface area contributed by atoms with Gasteiger partial charge in [0.15, 0.2) is 0 Å². The Bertz CT molecular complexity index is 1020. The third kappa shape index (κ3) is 4.25. The van der Waals surface area contributed by atoms with E-state index >= 15 is 0 Å². The third-order valence-electron chi connectivity index (χ3n) is 7.21. The molecule has 0 saturated carbocycles. The van der Waals surface area contributed by atoms with Crippen LogP contribution in [0.25, 0.3) is 0 Å². The van der Waals surface area contributed by atoms with E-state index in [4.69, 9.17) is 0 Å². The second kappa shape index (κ2) is 8.98. The standard InChI is InChI=1S/C26H30N4O3/c31-23(21-10-5-2-6-11-21)29-16-13-26(14-17-29)24(32)30(25(33)27-26)22-12-7-15-28(19-22)18-20-8-3-1-4-9-20/h1-6,8-11,22H,7,12-19H2,(H,27,33)/t22-/m1/s1. The smallest absolute Gasteiger partial charge is 0.325 e. The van der Waals surface area contributed by atoms with E-state index in [2.05, 4.69) is 22.3 Å². The Kier molecular flexibility index (Phi) is 5.89. The van der Waals surface area contributed by atoms with Gasteiger partial charge in [-0.3, -0.25) is 19.4 Å². The van der Waals surface area contributed by atoms with Crippen molar-refractivity contribution in [2.75, 3.05) is 26.2 Å². The van der Waals surface area contributed by atoms with E-state index in [9.17, 15) is 14.4 Å². The van der Waals surface area contributed by atoms with Crippen molar-refractivity contribution in [2.24, 2.45) is 0 Å². The van der Waals surface area contributed by atoms with Gasteiger partial charge in [-0.15, -0.1) is 0 Å². The van der Waals surface area contributed by atoms with Gasteiger partial charge in [-0.05, 0) is 49.9 Å². The molecule has 33 heavy (non-hydrogen) atoms. The second-order valence-corrected chi connectivity index (χ2v) is 9.36. The molecule has 4 amide bonds. The van der Waals surface area contributed by atoms with Crippen LogP contribution >= 0.6 is 0 Å². The van der Waals surface area contributed by atoms with E-state index in [1.165, 1.54) is 10.5 Å². The number of hydrogen-bond donors (Lipinski definition) is 1. The summed E-state index contributed by atoms with van der Waals surface area (Å²) in [6.07, 6.45) is 2.69. The first-order chi connectivity index (χ1) is 16.1. The highest BCUT2D eigenvalue weighted by Gasteiger charge is 2.54. The molecule has 1 spiro atoms. The highest BCUT2D eigenvalue weighted by Crippen LogP contribution is 2.33. The van der Waals surface area contributed by atoms with Crippen molar-refractivity contribution in [1.29, 1.82) is 0 Å². The number of carbonyl (C=O) groups excluding carboxylic acids is 3. The average Bonchev–Trinajstić information content (AvgIpc) is 3.09. The molecule has 3 heterocycles. The van der Waals surface area contributed by atoms with E-state index in [0.29, 0.717) is 38.0 Å². The lowest BCUT2D eigenvalue weighted by Crippen LogP contribution is -2.56. The Morgan fingerprint density at radius 2 is 1.61 bits per heavy atom. The van der Waals surface area contributed by atoms with Crippen molar-refractivity contribution in [1.82, 2.24) is 20.0 Å². The average molecular weight is 447 g/mol. The fraction of sp³-hybridized carbons (Fsp3) is 0.423. The Hall–Kier alpha value is -3.19. The predicted molar refractivity (Wildman–Crippen MR) is 124 cm³/mol. The number of benzene rings is 2. The van der Waals surface area contributed by atoms with Crippen molar-refractivity contribution in [2.45, 2.75) is 43.8 Å². The minimum Gasteiger partial charge on any atom is -0.338 e. The van der Waals surface area contributed by atoms with Crippen LogP contribution in [0, 0.1) is 0 Å². The molecule has 0 radical (unpaired) electrons. The molecule has 7 nitrogen and oxygen atoms in total. The summed E-state index contributed by atoms with van der Waals surface area (Å²) in [5.41, 5.74) is 1.01. The molecule has 2 aromatic carbocycles. The first-order valence-electron chi connectivity index (χ1n) is 11.8. The zero-order chi connectivity index (χ0) is 22.8. The van der Waals surface area contributed by atoms with Crippen LogP contribution in [0.5, 0.6) is 0 Å². The van der Waals surface area contributed by atoms with Crippen LogP contribution in [0.4, 0.5) is 4.79 Å². The molecule has 1 N–H and O–H groups in total. The minimum atomic E-state index is -0.883. The van der Waals surface area contributed by atoms with Crippen LogP contribution in [0.1, 0.15) is 41.6 Å². The summed E-state index contributed by atoms with van der Waals surface area (Å²) >= 11 is 0. The van der Waals surface area contributed by atoms with E-state index < -0.39 is 5.54 Å². The van der Waals surface area contributed by atoms with Gasteiger partial charge >= 0.3 is 6.03 Å². The van der Waals surface area contributed by atoms with Crippen LogP contribution in [0.15, 0.2) is 60.7 Å². The lowest BCUT2D eigenvalue weighted by molar-refractivity contribution is -0.135. The molecular weight excluding hydrogens is 416 g/mol. The Morgan fingerprint density at radius 3 is 2.30 bits per heavy atom. The van der Waals surface area contributed by atoms with Crippen molar-refractivity contribution in [3.8, 4) is 0 Å². The normalized spacial score (nSPS) is 23.1. The molecule has 0 bridgehead atoms. The number of rotatable bonds is 4. The van der Waals surface area contributed by atoms with Gasteiger partial charge in [0.2, 0.25) is 0 Å². The first kappa shape index (κ1) is 21.6. The molecule has 0 aliphatic carbocycles. The van der Waals surface area contributed by atoms with Gasteiger partial charge in [-0.2, -0.15) is 0 Å². The summed E-state index contributed by atoms with van der Waals surface area (Å²) in [5, 5.41) is 3.01. The number of nitrogens with zero attached hydrogens (tertiary/aromatic N) is 3. The fourth-order valence-electron chi connectivity index (χ4n) is 5.39. The van der Waals surface area contributed by atoms with Crippen LogP contribution < -0.4 is 5.32 Å². The van der Waals surface area contributed by atoms with Crippen molar-refractivity contribution >= 4 is 17.8 Å². The van der Waals surface area contributed by atoms with Gasteiger partial charge in [-0.1, -0.05) is 48.5 Å². The third-order valence-corrected chi connectivity index (χ3v) is 7.21. The van der Waals surface area contributed by atoms with Crippen molar-refractivity contribution in [3.05, 3.63) is 71.8 Å². The summed E-state index contributed by atoms with van der Waals surface area (Å²) in [4.78, 5) is 44.9. The minimum absolute atomic E-state index is 0.0251. The maximum Gasteiger partial charge on any atom is 0.325 e. The second-order valence-electron chi connectivity index (χ2n) is 9.36. The number of hydrogen-bond acceptors (Lipinski definition) is 4. The lowest BCUT2D eigenvalue weighted by atomic mass is 9.86. The summed E-state index contributed by atoms with van der Waals surface area (Å²) in [5.74, 6) is -0.145. The molecule has 7 heteroatoms. The van der Waals surface area contributed by atoms with Crippen LogP contribution in [0.2, 0.25) is 0 Å². The highest BCUT2D eigenvalue weighted by atomic mass is 16.2. The van der Waals surface area contributed by atoms with Gasteiger partial charge in [0.05, 0.1) is 6.04 Å². The molecular formula is C26H30N4O3. The molecule has 3 aliphatic rings. The van der Waals surface area contributed by atoms with Gasteiger partial charge in [0.25, 0.3) is 11.8 Å². The number of piperidine rings is 2. The molecule has 0 aromatic heterocycles. The fourth-order valence-corrected chi connectivity index (χ4v) is 5.39. The number of imide groups is 1. The van der Waals surface area contributed by atoms with Gasteiger partial charge < -0.3 is 10.2 Å². The van der Waals surface area contributed by atoms with E-state index in [0.717, 1.165) is 25.9 Å². The Balaban J connectivity index is 1.23. The molecule has 3 saturated heterocycles. The zero-order valence-electron chi connectivity index (χ0n) is 18.8. The summed E-state index contributed by atoms with van der Waals surface area (Å²) in [6, 6.07) is 19.1. The van der Waals surface area contributed by atoms with E-state index in [-0.39, 0.29) is 23.9 Å². The summed E-state index contributed by atoms with van der Waals surface area (Å²) < 4.78 is 0. The largest absolute Gasteiger partial charge is 0.338 e. The highest BCUT2D eigenvalue weighted by molar-refractivity contribution is 6.07. The van der Waals surface area contributed by atoms with Crippen LogP contribution in [-0.4, -0.2) is 70.3 Å². The predicted octanol–water partition coefficient (Wildman–Crippen LogP) is 2.88. The summed E-state index contributed by atoms with van der Waals surface area (Å²) in [7, 11) is 0. The van der Waals surface area contributed by atoms with Crippen molar-refractivity contribution in [3.63, 3.8) is 0 Å². The quantitative estimate of drug-likeness (QED) is 0.733. The number of urea groups is 1. The molecule has 5 rings (SSSR count). The summed E-state index contributed by atoms with van der Waals surface area (Å²) in [6.45, 7) is 3.40. The van der Waals surface area contributed by atoms with Crippen LogP contribution in [0.3, 0.4) is 0 Å². The number of carbonyl (C=O) groups is 3. The van der Waals surface area contributed by atoms with E-state index in [1.807, 2.05) is 36.4 Å². The van der Waals surface area contributed by atoms with E-state index in [1.54, 1.807) is 17.0 Å². The van der Waals surface area contributed by atoms with Gasteiger partial charge in [0, 0.05) is 31.7 Å². The Morgan fingerprint density at radius 1 is 0.939 bits per heavy atom. The topological polar surface area (TPSA) is 73.0 Å². The van der Waals surface area contributed by atoms with Gasteiger partial charge in [-0.25, -0.2) is 4.79 Å². The maximum absolute atomic E-state index is 13.5. The lowest BCUT2D eigenvalue weighted by Gasteiger charge is -2.39. The monoisotopic (exact) mass is 446 g/mol. The maximum atomic E-state index is 13.5. The number of nitrogens with one attached hydrogen (secondary N) is 1. The van der Waals surface area contributed by atoms with Crippen molar-refractivity contribution < 1.29 is 14.4 Å². The number of amides is 4. The zero-order valence-corrected chi connectivity index (χ0v) is 18.8. The SMILES string of the molecule is O=C(c1ccccc1)N1CCC2(CC1)NC(=O)N([C@@H]1CCCN(Cc3ccccc3)C1)C2=O. The van der Waals surface area contributed by atoms with Crippen LogP contribution in [-0.2, 0) is 11.3 Å². The molecule has 2 aromatic rings. The first-order valence-corrected chi connectivity index (χ1v) is 11.8. The Labute approximate surface area is 194 Å². The molecule has 0 unspecified atom stereocenters. The number of likely N-dealkylation sites (tertiary alicyclic amines) is 2. The molecule has 172 valence electrons. The molecule has 3 fully saturated rings. The van der Waals surface area contributed by atoms with Gasteiger partial charge in [0.1, 0.15) is 5.54 Å².